The van der Waals surface area contributed by atoms with E-state index in [0.717, 1.165) is 16.3 Å². The lowest BCUT2D eigenvalue weighted by Gasteiger charge is -2.23. The third kappa shape index (κ3) is 3.59. The first-order valence-corrected chi connectivity index (χ1v) is 8.13. The van der Waals surface area contributed by atoms with Gasteiger partial charge in [0.1, 0.15) is 10.8 Å². The third-order valence-corrected chi connectivity index (χ3v) is 4.67. The number of ketones is 1. The van der Waals surface area contributed by atoms with Gasteiger partial charge < -0.3 is 0 Å². The lowest BCUT2D eigenvalue weighted by atomic mass is 9.79. The molecule has 0 spiro atoms. The fraction of sp³-hybridized carbons (Fsp3) is 0.444. The van der Waals surface area contributed by atoms with E-state index >= 15 is 0 Å². The second-order valence-corrected chi connectivity index (χ2v) is 7.91. The Balaban J connectivity index is 2.16. The Kier molecular flexibility index (Phi) is 4.33. The van der Waals surface area contributed by atoms with Gasteiger partial charge in [-0.1, -0.05) is 51.1 Å². The number of carbonyl (C=O) groups excluding carboxylic acids is 1. The minimum absolute atomic E-state index is 0.0345. The van der Waals surface area contributed by atoms with Crippen LogP contribution < -0.4 is 0 Å². The number of nitrogens with zero attached hydrogens (tertiary/aromatic N) is 1. The van der Waals surface area contributed by atoms with Crippen LogP contribution in [0.5, 0.6) is 0 Å². The van der Waals surface area contributed by atoms with Gasteiger partial charge in [-0.2, -0.15) is 0 Å². The number of benzene rings is 1. The number of aromatic nitrogens is 1. The van der Waals surface area contributed by atoms with Crippen LogP contribution in [-0.2, 0) is 22.0 Å². The quantitative estimate of drug-likeness (QED) is 0.830. The zero-order valence-corrected chi connectivity index (χ0v) is 14.3. The van der Waals surface area contributed by atoms with E-state index in [-0.39, 0.29) is 11.2 Å². The molecule has 0 aliphatic heterocycles. The summed E-state index contributed by atoms with van der Waals surface area (Å²) in [5, 5.41) is 2.98. The molecule has 0 aliphatic rings. The number of rotatable bonds is 4. The Hall–Kier alpha value is -1.48. The van der Waals surface area contributed by atoms with E-state index in [2.05, 4.69) is 31.1 Å². The van der Waals surface area contributed by atoms with Crippen LogP contribution in [0.2, 0.25) is 0 Å². The summed E-state index contributed by atoms with van der Waals surface area (Å²) < 4.78 is 0. The van der Waals surface area contributed by atoms with Crippen LogP contribution in [0.15, 0.2) is 35.7 Å². The van der Waals surface area contributed by atoms with Crippen LogP contribution in [-0.4, -0.2) is 10.8 Å². The van der Waals surface area contributed by atoms with Crippen molar-refractivity contribution in [3.63, 3.8) is 0 Å². The highest BCUT2D eigenvalue weighted by Gasteiger charge is 2.30. The van der Waals surface area contributed by atoms with Gasteiger partial charge in [-0.05, 0) is 19.4 Å². The topological polar surface area (TPSA) is 30.0 Å². The molecule has 0 bridgehead atoms. The fourth-order valence-corrected chi connectivity index (χ4v) is 3.13. The monoisotopic (exact) mass is 301 g/mol. The van der Waals surface area contributed by atoms with Crippen molar-refractivity contribution in [2.45, 2.75) is 51.9 Å². The van der Waals surface area contributed by atoms with Crippen molar-refractivity contribution in [2.24, 2.45) is 0 Å². The zero-order chi connectivity index (χ0) is 15.7. The summed E-state index contributed by atoms with van der Waals surface area (Å²) in [6, 6.07) is 9.96. The number of hydrogen-bond donors (Lipinski definition) is 0. The summed E-state index contributed by atoms with van der Waals surface area (Å²) in [7, 11) is 0. The Morgan fingerprint density at radius 2 is 1.71 bits per heavy atom. The maximum atomic E-state index is 12.7. The highest BCUT2D eigenvalue weighted by atomic mass is 32.1. The maximum absolute atomic E-state index is 12.7. The van der Waals surface area contributed by atoms with Crippen LogP contribution in [0, 0.1) is 0 Å². The number of thiazole rings is 1. The second-order valence-electron chi connectivity index (χ2n) is 6.97. The smallest absolute Gasteiger partial charge is 0.149 e. The lowest BCUT2D eigenvalue weighted by Crippen LogP contribution is -2.30. The fourth-order valence-electron chi connectivity index (χ4n) is 2.11. The standard InChI is InChI=1S/C18H23NOS/c1-17(2,3)14-12-21-16(19-14)11-15(20)18(4,5)13-9-7-6-8-10-13/h6-10,12H,11H2,1-5H3. The van der Waals surface area contributed by atoms with E-state index in [1.165, 1.54) is 0 Å². The normalized spacial score (nSPS) is 12.4. The average Bonchev–Trinajstić information content (AvgIpc) is 2.88. The summed E-state index contributed by atoms with van der Waals surface area (Å²) in [5.74, 6) is 0.212. The van der Waals surface area contributed by atoms with Gasteiger partial charge in [-0.15, -0.1) is 11.3 Å². The van der Waals surface area contributed by atoms with E-state index in [9.17, 15) is 4.79 Å². The van der Waals surface area contributed by atoms with E-state index in [4.69, 9.17) is 0 Å². The molecule has 0 fully saturated rings. The molecule has 2 rings (SSSR count). The molecule has 0 radical (unpaired) electrons. The summed E-state index contributed by atoms with van der Waals surface area (Å²) in [6.45, 7) is 10.4. The van der Waals surface area contributed by atoms with E-state index in [1.54, 1.807) is 11.3 Å². The molecular weight excluding hydrogens is 278 g/mol. The molecule has 0 saturated heterocycles. The number of hydrogen-bond acceptors (Lipinski definition) is 3. The predicted molar refractivity (Wildman–Crippen MR) is 89.0 cm³/mol. The minimum Gasteiger partial charge on any atom is -0.298 e. The van der Waals surface area contributed by atoms with Crippen LogP contribution >= 0.6 is 11.3 Å². The summed E-state index contributed by atoms with van der Waals surface area (Å²) in [6.07, 6.45) is 0.405. The molecule has 3 heteroatoms. The molecule has 112 valence electrons. The molecule has 0 aliphatic carbocycles. The van der Waals surface area contributed by atoms with Gasteiger partial charge in [-0.3, -0.25) is 4.79 Å². The lowest BCUT2D eigenvalue weighted by molar-refractivity contribution is -0.122. The maximum Gasteiger partial charge on any atom is 0.149 e. The highest BCUT2D eigenvalue weighted by Crippen LogP contribution is 2.28. The van der Waals surface area contributed by atoms with Gasteiger partial charge in [-0.25, -0.2) is 4.98 Å². The summed E-state index contributed by atoms with van der Waals surface area (Å²) in [5.41, 5.74) is 1.68. The Morgan fingerprint density at radius 3 is 2.24 bits per heavy atom. The molecule has 1 heterocycles. The molecule has 2 aromatic rings. The van der Waals surface area contributed by atoms with Gasteiger partial charge >= 0.3 is 0 Å². The SMILES string of the molecule is CC(C)(C)c1csc(CC(=O)C(C)(C)c2ccccc2)n1. The largest absolute Gasteiger partial charge is 0.298 e. The Bertz CT molecular complexity index is 620. The van der Waals surface area contributed by atoms with Crippen LogP contribution in [0.1, 0.15) is 50.9 Å². The first-order chi connectivity index (χ1) is 9.71. The van der Waals surface area contributed by atoms with Gasteiger partial charge in [0, 0.05) is 16.2 Å². The van der Waals surface area contributed by atoms with Gasteiger partial charge in [0.25, 0.3) is 0 Å². The van der Waals surface area contributed by atoms with Crippen molar-refractivity contribution in [1.29, 1.82) is 0 Å². The number of Topliss-reactive ketones (excluding diaryl/α,β-unsaturated/α-hetero) is 1. The Labute approximate surface area is 131 Å². The molecule has 21 heavy (non-hydrogen) atoms. The van der Waals surface area contributed by atoms with Crippen molar-refractivity contribution in [1.82, 2.24) is 4.98 Å². The minimum atomic E-state index is -0.477. The molecule has 1 aromatic heterocycles. The van der Waals surface area contributed by atoms with E-state index in [0.29, 0.717) is 6.42 Å². The second kappa shape index (κ2) is 5.72. The average molecular weight is 301 g/mol. The molecule has 0 N–H and O–H groups in total. The van der Waals surface area contributed by atoms with Gasteiger partial charge in [0.05, 0.1) is 12.1 Å². The van der Waals surface area contributed by atoms with Crippen molar-refractivity contribution in [3.05, 3.63) is 52.0 Å². The van der Waals surface area contributed by atoms with Crippen LogP contribution in [0.3, 0.4) is 0 Å². The zero-order valence-electron chi connectivity index (χ0n) is 13.4. The molecule has 0 atom stereocenters. The molecule has 2 nitrogen and oxygen atoms in total. The first-order valence-electron chi connectivity index (χ1n) is 7.25. The van der Waals surface area contributed by atoms with Crippen molar-refractivity contribution >= 4 is 17.1 Å². The Morgan fingerprint density at radius 1 is 1.10 bits per heavy atom. The molecule has 1 aromatic carbocycles. The van der Waals surface area contributed by atoms with Gasteiger partial charge in [0.2, 0.25) is 0 Å². The predicted octanol–water partition coefficient (Wildman–Crippen LogP) is 4.53. The third-order valence-electron chi connectivity index (χ3n) is 3.82. The van der Waals surface area contributed by atoms with Gasteiger partial charge in [0.15, 0.2) is 0 Å². The van der Waals surface area contributed by atoms with E-state index in [1.807, 2.05) is 44.2 Å². The van der Waals surface area contributed by atoms with Crippen LogP contribution in [0.25, 0.3) is 0 Å². The highest BCUT2D eigenvalue weighted by molar-refractivity contribution is 7.09. The van der Waals surface area contributed by atoms with E-state index < -0.39 is 5.41 Å². The first kappa shape index (κ1) is 15.9. The molecule has 0 amide bonds. The van der Waals surface area contributed by atoms with Crippen LogP contribution in [0.4, 0.5) is 0 Å². The summed E-state index contributed by atoms with van der Waals surface area (Å²) >= 11 is 1.58. The molecule has 0 unspecified atom stereocenters. The molecular formula is C18H23NOS. The van der Waals surface area contributed by atoms with Crippen molar-refractivity contribution in [3.8, 4) is 0 Å². The molecule has 0 saturated carbocycles. The van der Waals surface area contributed by atoms with Crippen molar-refractivity contribution in [2.75, 3.05) is 0 Å². The summed E-state index contributed by atoms with van der Waals surface area (Å²) in [4.78, 5) is 17.3. The van der Waals surface area contributed by atoms with Crippen molar-refractivity contribution < 1.29 is 4.79 Å². The number of carbonyl (C=O) groups is 1.